The molecular formula is C18H26. The highest BCUT2D eigenvalue weighted by Crippen LogP contribution is 2.50. The normalized spacial score (nSPS) is 31.0. The Bertz CT molecular complexity index is 443. The van der Waals surface area contributed by atoms with Crippen molar-refractivity contribution in [2.75, 3.05) is 0 Å². The molecule has 3 rings (SSSR count). The Kier molecular flexibility index (Phi) is 3.00. The van der Waals surface area contributed by atoms with E-state index in [1.54, 1.807) is 11.1 Å². The number of hydrogen-bond acceptors (Lipinski definition) is 0. The first-order valence-corrected chi connectivity index (χ1v) is 7.74. The second kappa shape index (κ2) is 4.40. The van der Waals surface area contributed by atoms with E-state index in [0.717, 1.165) is 5.92 Å². The van der Waals surface area contributed by atoms with Crippen LogP contribution >= 0.6 is 0 Å². The molecule has 2 atom stereocenters. The van der Waals surface area contributed by atoms with E-state index < -0.39 is 0 Å². The van der Waals surface area contributed by atoms with Crippen molar-refractivity contribution >= 4 is 0 Å². The molecule has 0 N–H and O–H groups in total. The van der Waals surface area contributed by atoms with Crippen LogP contribution in [0.3, 0.4) is 0 Å². The monoisotopic (exact) mass is 242 g/mol. The highest BCUT2D eigenvalue weighted by Gasteiger charge is 2.41. The van der Waals surface area contributed by atoms with Gasteiger partial charge in [0.2, 0.25) is 0 Å². The number of aryl methyl sites for hydroxylation is 1. The Morgan fingerprint density at radius 2 is 2.00 bits per heavy atom. The third kappa shape index (κ3) is 1.81. The lowest BCUT2D eigenvalue weighted by Crippen LogP contribution is -2.39. The van der Waals surface area contributed by atoms with Gasteiger partial charge in [-0.2, -0.15) is 0 Å². The van der Waals surface area contributed by atoms with Crippen LogP contribution in [-0.2, 0) is 11.8 Å². The lowest BCUT2D eigenvalue weighted by Gasteiger charge is -2.46. The summed E-state index contributed by atoms with van der Waals surface area (Å²) in [7, 11) is 0. The van der Waals surface area contributed by atoms with Gasteiger partial charge in [-0.1, -0.05) is 51.8 Å². The second-order valence-electron chi connectivity index (χ2n) is 6.97. The summed E-state index contributed by atoms with van der Waals surface area (Å²) in [5.41, 5.74) is 5.35. The van der Waals surface area contributed by atoms with Crippen molar-refractivity contribution in [1.82, 2.24) is 0 Å². The first kappa shape index (κ1) is 12.3. The Labute approximate surface area is 112 Å². The van der Waals surface area contributed by atoms with Crippen LogP contribution < -0.4 is 0 Å². The van der Waals surface area contributed by atoms with Crippen LogP contribution in [0.2, 0.25) is 0 Å². The van der Waals surface area contributed by atoms with Crippen molar-refractivity contribution in [3.05, 3.63) is 34.9 Å². The molecule has 0 amide bonds. The van der Waals surface area contributed by atoms with Gasteiger partial charge in [0.15, 0.2) is 0 Å². The van der Waals surface area contributed by atoms with Crippen LogP contribution in [0, 0.1) is 5.92 Å². The van der Waals surface area contributed by atoms with Crippen molar-refractivity contribution in [3.63, 3.8) is 0 Å². The predicted octanol–water partition coefficient (Wildman–Crippen LogP) is 5.20. The van der Waals surface area contributed by atoms with Gasteiger partial charge >= 0.3 is 0 Å². The van der Waals surface area contributed by atoms with Crippen molar-refractivity contribution in [3.8, 4) is 0 Å². The van der Waals surface area contributed by atoms with Crippen LogP contribution in [0.1, 0.15) is 75.5 Å². The standard InChI is InChI=1S/C18H26/c1-13(2)14-8-10-17-15(12-14)7-9-16-6-4-5-11-18(16,17)3/h8,10,12-13,16H,4-7,9,11H2,1-3H3/t16?,18-/m1/s1. The van der Waals surface area contributed by atoms with Gasteiger partial charge < -0.3 is 0 Å². The number of benzene rings is 1. The summed E-state index contributed by atoms with van der Waals surface area (Å²) in [5, 5.41) is 0. The van der Waals surface area contributed by atoms with Gasteiger partial charge in [0.1, 0.15) is 0 Å². The molecule has 0 bridgehead atoms. The molecule has 98 valence electrons. The predicted molar refractivity (Wildman–Crippen MR) is 78.2 cm³/mol. The lowest BCUT2D eigenvalue weighted by atomic mass is 9.58. The fourth-order valence-electron chi connectivity index (χ4n) is 4.29. The molecule has 1 aromatic carbocycles. The van der Waals surface area contributed by atoms with Gasteiger partial charge in [-0.15, -0.1) is 0 Å². The average molecular weight is 242 g/mol. The maximum absolute atomic E-state index is 2.53. The molecule has 0 saturated heterocycles. The van der Waals surface area contributed by atoms with Gasteiger partial charge in [0.05, 0.1) is 0 Å². The zero-order valence-corrected chi connectivity index (χ0v) is 12.1. The fraction of sp³-hybridized carbons (Fsp3) is 0.667. The summed E-state index contributed by atoms with van der Waals surface area (Å²) >= 11 is 0. The molecule has 0 radical (unpaired) electrons. The van der Waals surface area contributed by atoms with Crippen molar-refractivity contribution in [1.29, 1.82) is 0 Å². The Balaban J connectivity index is 2.03. The minimum Gasteiger partial charge on any atom is -0.0587 e. The van der Waals surface area contributed by atoms with E-state index in [0.29, 0.717) is 11.3 Å². The van der Waals surface area contributed by atoms with Gasteiger partial charge in [0.25, 0.3) is 0 Å². The van der Waals surface area contributed by atoms with E-state index >= 15 is 0 Å². The third-order valence-corrected chi connectivity index (χ3v) is 5.57. The van der Waals surface area contributed by atoms with E-state index in [1.165, 1.54) is 44.1 Å². The van der Waals surface area contributed by atoms with Crippen LogP contribution in [0.25, 0.3) is 0 Å². The van der Waals surface area contributed by atoms with E-state index in [2.05, 4.69) is 39.0 Å². The molecule has 0 heterocycles. The highest BCUT2D eigenvalue weighted by molar-refractivity contribution is 5.41. The smallest absolute Gasteiger partial charge is 0.00442 e. The Hall–Kier alpha value is -0.780. The molecule has 0 aromatic heterocycles. The molecular weight excluding hydrogens is 216 g/mol. The van der Waals surface area contributed by atoms with E-state index in [-0.39, 0.29) is 0 Å². The minimum atomic E-state index is 0.487. The molecule has 1 unspecified atom stereocenters. The second-order valence-corrected chi connectivity index (χ2v) is 6.97. The van der Waals surface area contributed by atoms with Gasteiger partial charge in [-0.25, -0.2) is 0 Å². The Morgan fingerprint density at radius 3 is 2.78 bits per heavy atom. The van der Waals surface area contributed by atoms with Crippen LogP contribution in [0.15, 0.2) is 18.2 Å². The zero-order chi connectivity index (χ0) is 12.8. The fourth-order valence-corrected chi connectivity index (χ4v) is 4.29. The quantitative estimate of drug-likeness (QED) is 0.634. The van der Waals surface area contributed by atoms with Crippen LogP contribution in [-0.4, -0.2) is 0 Å². The van der Waals surface area contributed by atoms with Crippen LogP contribution in [0.5, 0.6) is 0 Å². The first-order valence-electron chi connectivity index (χ1n) is 7.74. The molecule has 18 heavy (non-hydrogen) atoms. The van der Waals surface area contributed by atoms with E-state index in [9.17, 15) is 0 Å². The van der Waals surface area contributed by atoms with Gasteiger partial charge in [-0.3, -0.25) is 0 Å². The number of hydrogen-bond donors (Lipinski definition) is 0. The molecule has 0 nitrogen and oxygen atoms in total. The highest BCUT2D eigenvalue weighted by atomic mass is 14.5. The molecule has 2 aliphatic rings. The van der Waals surface area contributed by atoms with E-state index in [4.69, 9.17) is 0 Å². The van der Waals surface area contributed by atoms with Crippen LogP contribution in [0.4, 0.5) is 0 Å². The molecule has 1 saturated carbocycles. The molecule has 0 spiro atoms. The summed E-state index contributed by atoms with van der Waals surface area (Å²) in [6.07, 6.45) is 8.49. The van der Waals surface area contributed by atoms with E-state index in [1.807, 2.05) is 0 Å². The lowest BCUT2D eigenvalue weighted by molar-refractivity contribution is 0.178. The first-order chi connectivity index (χ1) is 8.61. The summed E-state index contributed by atoms with van der Waals surface area (Å²) in [5.74, 6) is 1.61. The molecule has 2 aliphatic carbocycles. The average Bonchev–Trinajstić information content (AvgIpc) is 2.37. The van der Waals surface area contributed by atoms with Crippen molar-refractivity contribution < 1.29 is 0 Å². The van der Waals surface area contributed by atoms with Gasteiger partial charge in [-0.05, 0) is 59.6 Å². The molecule has 0 aliphatic heterocycles. The summed E-state index contributed by atoms with van der Waals surface area (Å²) in [6, 6.07) is 7.34. The molecule has 1 aromatic rings. The zero-order valence-electron chi connectivity index (χ0n) is 12.1. The topological polar surface area (TPSA) is 0 Å². The SMILES string of the molecule is CC(C)c1ccc2c(c1)CCC1CCCC[C@@]21C. The van der Waals surface area contributed by atoms with Gasteiger partial charge in [0, 0.05) is 0 Å². The Morgan fingerprint density at radius 1 is 1.17 bits per heavy atom. The molecule has 0 heteroatoms. The maximum atomic E-state index is 2.53. The molecule has 1 fully saturated rings. The summed E-state index contributed by atoms with van der Waals surface area (Å²) in [4.78, 5) is 0. The number of rotatable bonds is 1. The summed E-state index contributed by atoms with van der Waals surface area (Å²) < 4.78 is 0. The maximum Gasteiger partial charge on any atom is -0.00442 e. The minimum absolute atomic E-state index is 0.487. The largest absolute Gasteiger partial charge is 0.0587 e. The summed E-state index contributed by atoms with van der Waals surface area (Å²) in [6.45, 7) is 7.13. The van der Waals surface area contributed by atoms with Crippen molar-refractivity contribution in [2.24, 2.45) is 5.92 Å². The third-order valence-electron chi connectivity index (χ3n) is 5.57. The number of fused-ring (bicyclic) bond motifs is 3. The van der Waals surface area contributed by atoms with Crippen molar-refractivity contribution in [2.45, 2.75) is 70.6 Å².